The van der Waals surface area contributed by atoms with Gasteiger partial charge in [-0.2, -0.15) is 5.26 Å². The highest BCUT2D eigenvalue weighted by Gasteiger charge is 2.56. The molecule has 0 radical (unpaired) electrons. The van der Waals surface area contributed by atoms with Crippen molar-refractivity contribution >= 4 is 18.4 Å². The fourth-order valence-electron chi connectivity index (χ4n) is 3.18. The van der Waals surface area contributed by atoms with Gasteiger partial charge in [0, 0.05) is 17.9 Å². The number of nitrogens with zero attached hydrogens (tertiary/aromatic N) is 1. The smallest absolute Gasteiger partial charge is 0.344 e. The zero-order valence-corrected chi connectivity index (χ0v) is 11.3. The van der Waals surface area contributed by atoms with Crippen LogP contribution < -0.4 is 0 Å². The molecule has 0 saturated heterocycles. The van der Waals surface area contributed by atoms with Crippen molar-refractivity contribution in [2.24, 2.45) is 17.8 Å². The minimum Gasteiger partial charge on any atom is -0.460 e. The van der Waals surface area contributed by atoms with E-state index in [0.29, 0.717) is 19.3 Å². The summed E-state index contributed by atoms with van der Waals surface area (Å²) in [6.07, 6.45) is 1.07. The SMILES string of the molecule is C=CC(=O)OCC(=O)OC1C2CC(CC2C#N)C1OC=O. The van der Waals surface area contributed by atoms with Crippen molar-refractivity contribution < 1.29 is 28.6 Å². The number of nitriles is 1. The van der Waals surface area contributed by atoms with Gasteiger partial charge in [0.15, 0.2) is 6.61 Å². The van der Waals surface area contributed by atoms with Gasteiger partial charge in [-0.15, -0.1) is 0 Å². The lowest BCUT2D eigenvalue weighted by atomic mass is 9.86. The summed E-state index contributed by atoms with van der Waals surface area (Å²) in [5, 5.41) is 9.08. The Hall–Kier alpha value is -2.36. The van der Waals surface area contributed by atoms with Crippen molar-refractivity contribution in [3.63, 3.8) is 0 Å². The van der Waals surface area contributed by atoms with Crippen LogP contribution in [-0.2, 0) is 28.6 Å². The van der Waals surface area contributed by atoms with Gasteiger partial charge in [0.1, 0.15) is 12.2 Å². The number of hydrogen-bond donors (Lipinski definition) is 0. The van der Waals surface area contributed by atoms with Gasteiger partial charge in [-0.25, -0.2) is 9.59 Å². The number of rotatable bonds is 6. The van der Waals surface area contributed by atoms with Crippen LogP contribution in [0.3, 0.4) is 0 Å². The average molecular weight is 293 g/mol. The molecule has 0 spiro atoms. The van der Waals surface area contributed by atoms with E-state index in [1.54, 1.807) is 0 Å². The van der Waals surface area contributed by atoms with Crippen LogP contribution in [0.25, 0.3) is 0 Å². The maximum absolute atomic E-state index is 11.7. The molecule has 0 aliphatic heterocycles. The van der Waals surface area contributed by atoms with Crippen LogP contribution in [-0.4, -0.2) is 37.2 Å². The fourth-order valence-corrected chi connectivity index (χ4v) is 3.18. The summed E-state index contributed by atoms with van der Waals surface area (Å²) in [4.78, 5) is 33.1. The number of ether oxygens (including phenoxy) is 3. The molecule has 7 heteroatoms. The molecule has 2 saturated carbocycles. The molecule has 0 aromatic rings. The Labute approximate surface area is 121 Å². The molecule has 21 heavy (non-hydrogen) atoms. The predicted molar refractivity (Wildman–Crippen MR) is 67.3 cm³/mol. The molecular weight excluding hydrogens is 278 g/mol. The van der Waals surface area contributed by atoms with Crippen molar-refractivity contribution in [3.05, 3.63) is 12.7 Å². The highest BCUT2D eigenvalue weighted by Crippen LogP contribution is 2.50. The third-order valence-corrected chi connectivity index (χ3v) is 4.00. The Morgan fingerprint density at radius 2 is 2.10 bits per heavy atom. The van der Waals surface area contributed by atoms with E-state index in [9.17, 15) is 14.4 Å². The Morgan fingerprint density at radius 3 is 2.71 bits per heavy atom. The normalized spacial score (nSPS) is 32.8. The molecule has 5 unspecified atom stereocenters. The number of carbonyl (C=O) groups is 3. The van der Waals surface area contributed by atoms with Gasteiger partial charge in [0.25, 0.3) is 6.47 Å². The Bertz CT molecular complexity index is 496. The van der Waals surface area contributed by atoms with Crippen molar-refractivity contribution in [1.29, 1.82) is 5.26 Å². The van der Waals surface area contributed by atoms with E-state index in [1.165, 1.54) is 0 Å². The zero-order valence-electron chi connectivity index (χ0n) is 11.3. The van der Waals surface area contributed by atoms with Gasteiger partial charge in [0.05, 0.1) is 12.0 Å². The minimum atomic E-state index is -0.737. The first-order valence-corrected chi connectivity index (χ1v) is 6.58. The molecule has 2 aliphatic rings. The summed E-state index contributed by atoms with van der Waals surface area (Å²) in [6.45, 7) is 3.00. The maximum atomic E-state index is 11.7. The summed E-state index contributed by atoms with van der Waals surface area (Å²) < 4.78 is 14.8. The molecule has 0 amide bonds. The Balaban J connectivity index is 1.97. The molecule has 112 valence electrons. The maximum Gasteiger partial charge on any atom is 0.344 e. The quantitative estimate of drug-likeness (QED) is 0.301. The van der Waals surface area contributed by atoms with Crippen LogP contribution in [0.5, 0.6) is 0 Å². The van der Waals surface area contributed by atoms with Gasteiger partial charge >= 0.3 is 11.9 Å². The lowest BCUT2D eigenvalue weighted by Crippen LogP contribution is -2.42. The number of esters is 2. The van der Waals surface area contributed by atoms with Crippen molar-refractivity contribution in [3.8, 4) is 6.07 Å². The van der Waals surface area contributed by atoms with E-state index < -0.39 is 30.8 Å². The lowest BCUT2D eigenvalue weighted by molar-refractivity contribution is -0.173. The summed E-state index contributed by atoms with van der Waals surface area (Å²) in [5.41, 5.74) is 0. The van der Waals surface area contributed by atoms with Gasteiger partial charge in [-0.3, -0.25) is 4.79 Å². The Kier molecular flexibility index (Phi) is 4.58. The second kappa shape index (κ2) is 6.39. The summed E-state index contributed by atoms with van der Waals surface area (Å²) in [7, 11) is 0. The summed E-state index contributed by atoms with van der Waals surface area (Å²) in [6, 6.07) is 2.19. The van der Waals surface area contributed by atoms with E-state index in [2.05, 4.69) is 17.4 Å². The van der Waals surface area contributed by atoms with E-state index in [-0.39, 0.29) is 17.8 Å². The Morgan fingerprint density at radius 1 is 1.33 bits per heavy atom. The highest BCUT2D eigenvalue weighted by molar-refractivity contribution is 5.83. The van der Waals surface area contributed by atoms with Crippen molar-refractivity contribution in [1.82, 2.24) is 0 Å². The predicted octanol–water partition coefficient (Wildman–Crippen LogP) is 0.349. The molecular formula is C14H15NO6. The summed E-state index contributed by atoms with van der Waals surface area (Å²) in [5.74, 6) is -1.80. The van der Waals surface area contributed by atoms with Gasteiger partial charge in [-0.1, -0.05) is 6.58 Å². The number of fused-ring (bicyclic) bond motifs is 2. The standard InChI is InChI=1S/C14H15NO6/c1-2-11(17)19-6-12(18)21-14-10-4-8(3-9(10)5-15)13(14)20-7-16/h2,7-10,13-14H,1,3-4,6H2. The molecule has 2 aliphatic carbocycles. The third-order valence-electron chi connectivity index (χ3n) is 4.00. The first kappa shape index (κ1) is 15.0. The molecule has 0 aromatic carbocycles. The van der Waals surface area contributed by atoms with Gasteiger partial charge in [-0.05, 0) is 12.8 Å². The lowest BCUT2D eigenvalue weighted by Gasteiger charge is -2.31. The van der Waals surface area contributed by atoms with Crippen LogP contribution in [0.4, 0.5) is 0 Å². The topological polar surface area (TPSA) is 103 Å². The molecule has 0 heterocycles. The second-order valence-corrected chi connectivity index (χ2v) is 5.09. The van der Waals surface area contributed by atoms with E-state index in [1.807, 2.05) is 0 Å². The largest absolute Gasteiger partial charge is 0.460 e. The van der Waals surface area contributed by atoms with Crippen LogP contribution in [0.2, 0.25) is 0 Å². The molecule has 2 fully saturated rings. The second-order valence-electron chi connectivity index (χ2n) is 5.09. The monoisotopic (exact) mass is 293 g/mol. The van der Waals surface area contributed by atoms with Crippen molar-refractivity contribution in [2.45, 2.75) is 25.0 Å². The van der Waals surface area contributed by atoms with Gasteiger partial charge < -0.3 is 14.2 Å². The third kappa shape index (κ3) is 3.05. The van der Waals surface area contributed by atoms with Crippen LogP contribution in [0, 0.1) is 29.1 Å². The average Bonchev–Trinajstić information content (AvgIpc) is 3.04. The first-order valence-electron chi connectivity index (χ1n) is 6.58. The van der Waals surface area contributed by atoms with Gasteiger partial charge in [0.2, 0.25) is 0 Å². The molecule has 5 atom stereocenters. The zero-order chi connectivity index (χ0) is 15.4. The van der Waals surface area contributed by atoms with E-state index >= 15 is 0 Å². The van der Waals surface area contributed by atoms with E-state index in [0.717, 1.165) is 6.08 Å². The molecule has 2 rings (SSSR count). The molecule has 0 N–H and O–H groups in total. The number of hydrogen-bond acceptors (Lipinski definition) is 7. The van der Waals surface area contributed by atoms with Crippen LogP contribution in [0.15, 0.2) is 12.7 Å². The van der Waals surface area contributed by atoms with Crippen molar-refractivity contribution in [2.75, 3.05) is 6.61 Å². The van der Waals surface area contributed by atoms with Crippen LogP contribution in [0.1, 0.15) is 12.8 Å². The fraction of sp³-hybridized carbons (Fsp3) is 0.571. The van der Waals surface area contributed by atoms with Crippen LogP contribution >= 0.6 is 0 Å². The van der Waals surface area contributed by atoms with E-state index in [4.69, 9.17) is 14.7 Å². The first-order chi connectivity index (χ1) is 10.1. The molecule has 7 nitrogen and oxygen atoms in total. The molecule has 2 bridgehead atoms. The highest BCUT2D eigenvalue weighted by atomic mass is 16.6. The molecule has 0 aromatic heterocycles. The minimum absolute atomic E-state index is 0.0263. The number of carbonyl (C=O) groups excluding carboxylic acids is 3. The summed E-state index contributed by atoms with van der Waals surface area (Å²) >= 11 is 0.